The second-order valence-electron chi connectivity index (χ2n) is 10.7. The van der Waals surface area contributed by atoms with Crippen molar-refractivity contribution < 1.29 is 27.7 Å². The van der Waals surface area contributed by atoms with Crippen molar-refractivity contribution in [2.45, 2.75) is 39.8 Å². The number of nitro groups is 1. The number of carbonyl (C=O) groups excluding carboxylic acids is 2. The number of non-ortho nitro benzene ring substituents is 1. The first kappa shape index (κ1) is 33.1. The van der Waals surface area contributed by atoms with Gasteiger partial charge in [-0.1, -0.05) is 74.0 Å². The molecule has 0 aliphatic rings. The normalized spacial score (nSPS) is 12.0. The van der Waals surface area contributed by atoms with Crippen molar-refractivity contribution in [3.05, 3.63) is 99.6 Å². The Morgan fingerprint density at radius 2 is 1.65 bits per heavy atom. The van der Waals surface area contributed by atoms with Crippen LogP contribution < -0.4 is 14.4 Å². The number of anilines is 1. The minimum atomic E-state index is -4.14. The number of methoxy groups -OCH3 is 1. The van der Waals surface area contributed by atoms with Crippen molar-refractivity contribution in [1.29, 1.82) is 0 Å². The van der Waals surface area contributed by atoms with Crippen LogP contribution in [0.4, 0.5) is 11.4 Å². The Morgan fingerprint density at radius 1 is 1.00 bits per heavy atom. The first-order chi connectivity index (χ1) is 20.3. The summed E-state index contributed by atoms with van der Waals surface area (Å²) in [6.07, 6.45) is 1.08. The van der Waals surface area contributed by atoms with E-state index in [2.05, 4.69) is 5.32 Å². The molecule has 0 aromatic heterocycles. The van der Waals surface area contributed by atoms with E-state index in [4.69, 9.17) is 4.74 Å². The molecule has 1 atom stereocenters. The molecule has 0 aliphatic heterocycles. The topological polar surface area (TPSA) is 139 Å². The lowest BCUT2D eigenvalue weighted by atomic mass is 10.0. The van der Waals surface area contributed by atoms with Crippen LogP contribution in [0.5, 0.6) is 5.75 Å². The molecule has 230 valence electrons. The molecule has 3 aromatic rings. The molecule has 0 fully saturated rings. The molecule has 2 amide bonds. The largest absolute Gasteiger partial charge is 0.495 e. The van der Waals surface area contributed by atoms with Crippen LogP contribution in [0.2, 0.25) is 0 Å². The van der Waals surface area contributed by atoms with Gasteiger partial charge in [0.05, 0.1) is 18.3 Å². The van der Waals surface area contributed by atoms with Gasteiger partial charge >= 0.3 is 0 Å². The molecule has 12 heteroatoms. The SMILES string of the molecule is COc1ccc([N+](=O)[O-])cc1N(CC(=O)N(Cc1ccc(C)cc1)C(Cc1ccccc1)C(=O)NCC(C)C)S(C)(=O)=O. The lowest BCUT2D eigenvalue weighted by Crippen LogP contribution is -2.53. The summed E-state index contributed by atoms with van der Waals surface area (Å²) in [5.41, 5.74) is 2.04. The highest BCUT2D eigenvalue weighted by Gasteiger charge is 2.34. The molecule has 0 bridgehead atoms. The van der Waals surface area contributed by atoms with Crippen molar-refractivity contribution in [1.82, 2.24) is 10.2 Å². The van der Waals surface area contributed by atoms with E-state index in [1.54, 1.807) is 0 Å². The van der Waals surface area contributed by atoms with E-state index < -0.39 is 33.4 Å². The number of hydrogen-bond acceptors (Lipinski definition) is 7. The molecule has 0 spiro atoms. The second kappa shape index (κ2) is 14.6. The molecular weight excluding hydrogens is 572 g/mol. The van der Waals surface area contributed by atoms with Gasteiger partial charge in [0, 0.05) is 31.6 Å². The first-order valence-electron chi connectivity index (χ1n) is 13.8. The maximum atomic E-state index is 14.2. The van der Waals surface area contributed by atoms with Gasteiger partial charge < -0.3 is 15.0 Å². The zero-order valence-electron chi connectivity index (χ0n) is 25.0. The summed E-state index contributed by atoms with van der Waals surface area (Å²) in [5.74, 6) is -0.855. The van der Waals surface area contributed by atoms with Gasteiger partial charge in [0.2, 0.25) is 21.8 Å². The van der Waals surface area contributed by atoms with Crippen LogP contribution >= 0.6 is 0 Å². The predicted octanol–water partition coefficient (Wildman–Crippen LogP) is 4.09. The van der Waals surface area contributed by atoms with Crippen molar-refractivity contribution in [3.63, 3.8) is 0 Å². The quantitative estimate of drug-likeness (QED) is 0.214. The fourth-order valence-electron chi connectivity index (χ4n) is 4.45. The van der Waals surface area contributed by atoms with Gasteiger partial charge in [-0.15, -0.1) is 0 Å². The van der Waals surface area contributed by atoms with Gasteiger partial charge in [-0.05, 0) is 30.0 Å². The predicted molar refractivity (Wildman–Crippen MR) is 165 cm³/mol. The molecule has 3 aromatic carbocycles. The summed E-state index contributed by atoms with van der Waals surface area (Å²) in [4.78, 5) is 40.1. The van der Waals surface area contributed by atoms with Gasteiger partial charge in [-0.2, -0.15) is 0 Å². The number of aryl methyl sites for hydroxylation is 1. The van der Waals surface area contributed by atoms with E-state index >= 15 is 0 Å². The number of nitro benzene ring substituents is 1. The molecule has 3 rings (SSSR count). The number of amides is 2. The van der Waals surface area contributed by atoms with Crippen molar-refractivity contribution in [2.75, 3.05) is 30.8 Å². The molecule has 0 saturated heterocycles. The molecule has 1 unspecified atom stereocenters. The number of nitrogens with zero attached hydrogens (tertiary/aromatic N) is 3. The van der Waals surface area contributed by atoms with E-state index in [-0.39, 0.29) is 41.9 Å². The van der Waals surface area contributed by atoms with Crippen LogP contribution in [0, 0.1) is 23.0 Å². The fourth-order valence-corrected chi connectivity index (χ4v) is 5.29. The highest BCUT2D eigenvalue weighted by Crippen LogP contribution is 2.34. The second-order valence-corrected chi connectivity index (χ2v) is 12.6. The molecule has 0 saturated carbocycles. The smallest absolute Gasteiger partial charge is 0.271 e. The maximum absolute atomic E-state index is 14.2. The molecule has 43 heavy (non-hydrogen) atoms. The van der Waals surface area contributed by atoms with E-state index in [0.29, 0.717) is 6.54 Å². The summed E-state index contributed by atoms with van der Waals surface area (Å²) in [5, 5.41) is 14.4. The highest BCUT2D eigenvalue weighted by molar-refractivity contribution is 7.92. The summed E-state index contributed by atoms with van der Waals surface area (Å²) in [7, 11) is -2.85. The first-order valence-corrected chi connectivity index (χ1v) is 15.6. The Morgan fingerprint density at radius 3 is 2.21 bits per heavy atom. The Kier molecular flexibility index (Phi) is 11.2. The van der Waals surface area contributed by atoms with Crippen LogP contribution in [-0.2, 0) is 32.6 Å². The number of sulfonamides is 1. The Bertz CT molecular complexity index is 1530. The zero-order valence-corrected chi connectivity index (χ0v) is 25.8. The third kappa shape index (κ3) is 9.27. The van der Waals surface area contributed by atoms with Crippen LogP contribution in [0.3, 0.4) is 0 Å². The number of carbonyl (C=O) groups is 2. The summed E-state index contributed by atoms with van der Waals surface area (Å²) in [6, 6.07) is 19.2. The average molecular weight is 611 g/mol. The third-order valence-electron chi connectivity index (χ3n) is 6.75. The van der Waals surface area contributed by atoms with Crippen molar-refractivity contribution in [2.24, 2.45) is 5.92 Å². The number of ether oxygens (including phenoxy) is 1. The van der Waals surface area contributed by atoms with E-state index in [1.807, 2.05) is 75.4 Å². The monoisotopic (exact) mass is 610 g/mol. The van der Waals surface area contributed by atoms with Gasteiger partial charge in [0.25, 0.3) is 5.69 Å². The molecule has 0 radical (unpaired) electrons. The van der Waals surface area contributed by atoms with E-state index in [0.717, 1.165) is 33.3 Å². The lowest BCUT2D eigenvalue weighted by Gasteiger charge is -2.34. The minimum absolute atomic E-state index is 0.0232. The van der Waals surface area contributed by atoms with Crippen LogP contribution in [0.15, 0.2) is 72.8 Å². The van der Waals surface area contributed by atoms with E-state index in [1.165, 1.54) is 24.1 Å². The summed E-state index contributed by atoms with van der Waals surface area (Å²) in [6.45, 7) is 5.54. The molecular formula is C31H38N4O7S. The number of nitrogens with one attached hydrogen (secondary N) is 1. The maximum Gasteiger partial charge on any atom is 0.271 e. The fraction of sp³-hybridized carbons (Fsp3) is 0.355. The van der Waals surface area contributed by atoms with Crippen molar-refractivity contribution >= 4 is 33.2 Å². The molecule has 11 nitrogen and oxygen atoms in total. The number of hydrogen-bond donors (Lipinski definition) is 1. The Hall–Kier alpha value is -4.45. The lowest BCUT2D eigenvalue weighted by molar-refractivity contribution is -0.384. The number of benzene rings is 3. The highest BCUT2D eigenvalue weighted by atomic mass is 32.2. The van der Waals surface area contributed by atoms with Crippen molar-refractivity contribution in [3.8, 4) is 5.75 Å². The van der Waals surface area contributed by atoms with Gasteiger partial charge in [0.1, 0.15) is 24.0 Å². The third-order valence-corrected chi connectivity index (χ3v) is 7.88. The zero-order chi connectivity index (χ0) is 31.7. The number of rotatable bonds is 14. The van der Waals surface area contributed by atoms with Crippen LogP contribution in [0.1, 0.15) is 30.5 Å². The Balaban J connectivity index is 2.11. The van der Waals surface area contributed by atoms with Gasteiger partial charge in [-0.3, -0.25) is 24.0 Å². The molecule has 0 aliphatic carbocycles. The van der Waals surface area contributed by atoms with Gasteiger partial charge in [-0.25, -0.2) is 8.42 Å². The average Bonchev–Trinajstić information content (AvgIpc) is 2.96. The van der Waals surface area contributed by atoms with Gasteiger partial charge in [0.15, 0.2) is 0 Å². The van der Waals surface area contributed by atoms with E-state index in [9.17, 15) is 28.1 Å². The minimum Gasteiger partial charge on any atom is -0.495 e. The summed E-state index contributed by atoms with van der Waals surface area (Å²) < 4.78 is 32.2. The molecule has 1 N–H and O–H groups in total. The summed E-state index contributed by atoms with van der Waals surface area (Å²) >= 11 is 0. The standard InChI is InChI=1S/C31H38N4O7S/c1-22(2)19-32-31(37)28(17-24-9-7-6-8-10-24)33(20-25-13-11-23(3)12-14-25)30(36)21-34(43(5,40)41)27-18-26(35(38)39)15-16-29(27)42-4/h6-16,18,22,28H,17,19-21H2,1-5H3,(H,32,37). The van der Waals surface area contributed by atoms with Crippen LogP contribution in [-0.4, -0.2) is 62.6 Å². The van der Waals surface area contributed by atoms with Crippen LogP contribution in [0.25, 0.3) is 0 Å². The molecule has 0 heterocycles. The Labute approximate surface area is 252 Å².